The van der Waals surface area contributed by atoms with Crippen LogP contribution >= 0.6 is 0 Å². The molecule has 1 aliphatic rings. The van der Waals surface area contributed by atoms with Gasteiger partial charge in [0.25, 0.3) is 5.69 Å². The van der Waals surface area contributed by atoms with Crippen LogP contribution in [-0.4, -0.2) is 37.7 Å². The molecular formula is C23H15N5O4. The molecule has 0 unspecified atom stereocenters. The van der Waals surface area contributed by atoms with Crippen LogP contribution in [0.3, 0.4) is 0 Å². The first-order valence-corrected chi connectivity index (χ1v) is 9.97. The second-order valence-electron chi connectivity index (χ2n) is 7.27. The SMILES string of the molecule is O=[N+]([O-])c1cccc(-c2nc3nc4ccccc4nc3n2-c2ccc3c(c2)OCCO3)c1. The maximum absolute atomic E-state index is 11.4. The third kappa shape index (κ3) is 2.90. The summed E-state index contributed by atoms with van der Waals surface area (Å²) in [6.07, 6.45) is 0. The molecule has 6 rings (SSSR count). The van der Waals surface area contributed by atoms with Gasteiger partial charge in [-0.05, 0) is 24.3 Å². The number of rotatable bonds is 3. The molecule has 0 atom stereocenters. The van der Waals surface area contributed by atoms with Crippen molar-refractivity contribution in [3.8, 4) is 28.6 Å². The summed E-state index contributed by atoms with van der Waals surface area (Å²) in [6.45, 7) is 0.958. The lowest BCUT2D eigenvalue weighted by atomic mass is 10.2. The highest BCUT2D eigenvalue weighted by atomic mass is 16.6. The maximum Gasteiger partial charge on any atom is 0.270 e. The number of ether oxygens (including phenoxy) is 2. The zero-order chi connectivity index (χ0) is 21.7. The van der Waals surface area contributed by atoms with Gasteiger partial charge < -0.3 is 9.47 Å². The molecule has 156 valence electrons. The van der Waals surface area contributed by atoms with E-state index in [0.717, 1.165) is 16.7 Å². The van der Waals surface area contributed by atoms with E-state index in [1.165, 1.54) is 12.1 Å². The Morgan fingerprint density at radius 1 is 0.844 bits per heavy atom. The third-order valence-electron chi connectivity index (χ3n) is 5.27. The predicted molar refractivity (Wildman–Crippen MR) is 117 cm³/mol. The molecule has 0 saturated carbocycles. The van der Waals surface area contributed by atoms with Crippen molar-refractivity contribution in [2.75, 3.05) is 13.2 Å². The third-order valence-corrected chi connectivity index (χ3v) is 5.27. The first-order chi connectivity index (χ1) is 15.7. The van der Waals surface area contributed by atoms with E-state index in [2.05, 4.69) is 4.98 Å². The summed E-state index contributed by atoms with van der Waals surface area (Å²) in [5.74, 6) is 1.78. The minimum Gasteiger partial charge on any atom is -0.486 e. The molecule has 9 nitrogen and oxygen atoms in total. The van der Waals surface area contributed by atoms with Gasteiger partial charge in [-0.2, -0.15) is 0 Å². The van der Waals surface area contributed by atoms with Crippen molar-refractivity contribution >= 4 is 28.0 Å². The van der Waals surface area contributed by atoms with Crippen LogP contribution in [0, 0.1) is 10.1 Å². The lowest BCUT2D eigenvalue weighted by molar-refractivity contribution is -0.384. The van der Waals surface area contributed by atoms with E-state index >= 15 is 0 Å². The van der Waals surface area contributed by atoms with Crippen molar-refractivity contribution in [3.63, 3.8) is 0 Å². The smallest absolute Gasteiger partial charge is 0.270 e. The predicted octanol–water partition coefficient (Wildman–Crippen LogP) is 4.32. The number of hydrogen-bond donors (Lipinski definition) is 0. The second kappa shape index (κ2) is 7.02. The normalized spacial score (nSPS) is 12.9. The van der Waals surface area contributed by atoms with Gasteiger partial charge in [-0.3, -0.25) is 14.7 Å². The van der Waals surface area contributed by atoms with E-state index in [0.29, 0.717) is 47.4 Å². The Balaban J connectivity index is 1.65. The van der Waals surface area contributed by atoms with Crippen LogP contribution in [-0.2, 0) is 0 Å². The van der Waals surface area contributed by atoms with Gasteiger partial charge >= 0.3 is 0 Å². The Hall–Kier alpha value is -4.53. The van der Waals surface area contributed by atoms with Gasteiger partial charge in [-0.1, -0.05) is 24.3 Å². The van der Waals surface area contributed by atoms with Crippen molar-refractivity contribution in [1.82, 2.24) is 19.5 Å². The molecule has 1 aliphatic heterocycles. The number of para-hydroxylation sites is 2. The number of nitrogens with zero attached hydrogens (tertiary/aromatic N) is 5. The molecule has 0 amide bonds. The molecular weight excluding hydrogens is 410 g/mol. The van der Waals surface area contributed by atoms with Crippen molar-refractivity contribution < 1.29 is 14.4 Å². The van der Waals surface area contributed by atoms with Gasteiger partial charge in [0.1, 0.15) is 19.0 Å². The first kappa shape index (κ1) is 18.3. The number of non-ortho nitro benzene ring substituents is 1. The fraction of sp³-hybridized carbons (Fsp3) is 0.0870. The lowest BCUT2D eigenvalue weighted by Gasteiger charge is -2.19. The fourth-order valence-corrected chi connectivity index (χ4v) is 3.82. The number of nitro benzene ring substituents is 1. The van der Waals surface area contributed by atoms with Crippen LogP contribution in [0.25, 0.3) is 39.4 Å². The van der Waals surface area contributed by atoms with Crippen LogP contribution in [0.5, 0.6) is 11.5 Å². The molecule has 3 aromatic carbocycles. The van der Waals surface area contributed by atoms with Crippen molar-refractivity contribution in [2.24, 2.45) is 0 Å². The summed E-state index contributed by atoms with van der Waals surface area (Å²) in [7, 11) is 0. The zero-order valence-electron chi connectivity index (χ0n) is 16.6. The number of fused-ring (bicyclic) bond motifs is 3. The minimum atomic E-state index is -0.425. The summed E-state index contributed by atoms with van der Waals surface area (Å²) < 4.78 is 13.2. The van der Waals surface area contributed by atoms with Gasteiger partial charge in [-0.25, -0.2) is 15.0 Å². The highest BCUT2D eigenvalue weighted by Crippen LogP contribution is 2.35. The van der Waals surface area contributed by atoms with Gasteiger partial charge in [-0.15, -0.1) is 0 Å². The highest BCUT2D eigenvalue weighted by molar-refractivity contribution is 5.86. The van der Waals surface area contributed by atoms with E-state index in [1.54, 1.807) is 12.1 Å². The van der Waals surface area contributed by atoms with Crippen LogP contribution in [0.2, 0.25) is 0 Å². The Kier molecular flexibility index (Phi) is 4.00. The molecule has 0 fully saturated rings. The first-order valence-electron chi connectivity index (χ1n) is 9.97. The van der Waals surface area contributed by atoms with E-state index < -0.39 is 4.92 Å². The Labute approximate surface area is 181 Å². The van der Waals surface area contributed by atoms with Gasteiger partial charge in [0.2, 0.25) is 0 Å². The Morgan fingerprint density at radius 2 is 1.62 bits per heavy atom. The number of nitro groups is 1. The van der Waals surface area contributed by atoms with Crippen molar-refractivity contribution in [2.45, 2.75) is 0 Å². The number of hydrogen-bond acceptors (Lipinski definition) is 7. The summed E-state index contributed by atoms with van der Waals surface area (Å²) in [5.41, 5.74) is 3.74. The Morgan fingerprint density at radius 3 is 2.44 bits per heavy atom. The van der Waals surface area contributed by atoms with Crippen LogP contribution in [0.4, 0.5) is 5.69 Å². The summed E-state index contributed by atoms with van der Waals surface area (Å²) in [4.78, 5) is 25.1. The van der Waals surface area contributed by atoms with Gasteiger partial charge in [0.15, 0.2) is 22.8 Å². The van der Waals surface area contributed by atoms with E-state index in [1.807, 2.05) is 47.0 Å². The van der Waals surface area contributed by atoms with Gasteiger partial charge in [0, 0.05) is 23.8 Å². The molecule has 0 N–H and O–H groups in total. The van der Waals surface area contributed by atoms with Crippen molar-refractivity contribution in [3.05, 3.63) is 76.8 Å². The maximum atomic E-state index is 11.4. The molecule has 0 bridgehead atoms. The zero-order valence-corrected chi connectivity index (χ0v) is 16.6. The highest BCUT2D eigenvalue weighted by Gasteiger charge is 2.21. The van der Waals surface area contributed by atoms with Crippen LogP contribution in [0.15, 0.2) is 66.7 Å². The standard InChI is InChI=1S/C23H15N5O4/c29-28(30)16-5-3-4-14(12-16)22-26-21-23(25-18-7-2-1-6-17(18)24-21)27(22)15-8-9-19-20(13-15)32-11-10-31-19/h1-9,12-13H,10-11H2. The van der Waals surface area contributed by atoms with E-state index in [4.69, 9.17) is 19.4 Å². The fourth-order valence-electron chi connectivity index (χ4n) is 3.82. The quantitative estimate of drug-likeness (QED) is 0.313. The second-order valence-corrected chi connectivity index (χ2v) is 7.27. The topological polar surface area (TPSA) is 105 Å². The molecule has 3 heterocycles. The van der Waals surface area contributed by atoms with Crippen molar-refractivity contribution in [1.29, 1.82) is 0 Å². The molecule has 2 aromatic heterocycles. The molecule has 5 aromatic rings. The van der Waals surface area contributed by atoms with Crippen LogP contribution in [0.1, 0.15) is 0 Å². The molecule has 9 heteroatoms. The number of aromatic nitrogens is 4. The summed E-state index contributed by atoms with van der Waals surface area (Å²) >= 11 is 0. The molecule has 0 radical (unpaired) electrons. The minimum absolute atomic E-state index is 0.0191. The molecule has 32 heavy (non-hydrogen) atoms. The van der Waals surface area contributed by atoms with E-state index in [-0.39, 0.29) is 5.69 Å². The van der Waals surface area contributed by atoms with Crippen LogP contribution < -0.4 is 9.47 Å². The van der Waals surface area contributed by atoms with Gasteiger partial charge in [0.05, 0.1) is 21.6 Å². The average molecular weight is 425 g/mol. The molecule has 0 spiro atoms. The number of imidazole rings is 1. The largest absolute Gasteiger partial charge is 0.486 e. The molecule has 0 saturated heterocycles. The summed E-state index contributed by atoms with van der Waals surface area (Å²) in [5, 5.41) is 11.4. The monoisotopic (exact) mass is 425 g/mol. The molecule has 0 aliphatic carbocycles. The number of benzene rings is 3. The Bertz CT molecular complexity index is 1530. The van der Waals surface area contributed by atoms with E-state index in [9.17, 15) is 10.1 Å². The lowest BCUT2D eigenvalue weighted by Crippen LogP contribution is -2.15. The summed E-state index contributed by atoms with van der Waals surface area (Å²) in [6, 6.07) is 19.5. The average Bonchev–Trinajstić information content (AvgIpc) is 3.20.